The summed E-state index contributed by atoms with van der Waals surface area (Å²) >= 11 is 0. The molecule has 0 saturated carbocycles. The molecule has 1 aromatic rings. The van der Waals surface area contributed by atoms with Gasteiger partial charge in [-0.25, -0.2) is 0 Å². The fourth-order valence-electron chi connectivity index (χ4n) is 2.33. The fourth-order valence-corrected chi connectivity index (χ4v) is 2.33. The van der Waals surface area contributed by atoms with Gasteiger partial charge in [-0.2, -0.15) is 0 Å². The van der Waals surface area contributed by atoms with E-state index in [4.69, 9.17) is 0 Å². The largest absolute Gasteiger partial charge is 0.315 e. The van der Waals surface area contributed by atoms with E-state index in [1.807, 2.05) is 12.3 Å². The van der Waals surface area contributed by atoms with E-state index in [0.29, 0.717) is 12.1 Å². The van der Waals surface area contributed by atoms with Gasteiger partial charge in [-0.1, -0.05) is 6.07 Å². The van der Waals surface area contributed by atoms with Gasteiger partial charge >= 0.3 is 0 Å². The van der Waals surface area contributed by atoms with Gasteiger partial charge in [-0.3, -0.25) is 9.88 Å². The van der Waals surface area contributed by atoms with Crippen molar-refractivity contribution in [2.75, 3.05) is 13.1 Å². The first-order valence-corrected chi connectivity index (χ1v) is 6.13. The van der Waals surface area contributed by atoms with Crippen LogP contribution in [0.3, 0.4) is 0 Å². The number of rotatable bonds is 2. The molecule has 2 unspecified atom stereocenters. The zero-order valence-corrected chi connectivity index (χ0v) is 10.2. The number of hydrogen-bond donors (Lipinski definition) is 1. The molecule has 0 aromatic carbocycles. The van der Waals surface area contributed by atoms with E-state index in [1.165, 1.54) is 12.1 Å². The van der Waals surface area contributed by atoms with Crippen molar-refractivity contribution in [2.45, 2.75) is 38.9 Å². The van der Waals surface area contributed by atoms with Gasteiger partial charge in [0.2, 0.25) is 0 Å². The first-order chi connectivity index (χ1) is 7.77. The van der Waals surface area contributed by atoms with E-state index >= 15 is 0 Å². The predicted octanol–water partition coefficient (Wildman–Crippen LogP) is 1.65. The first kappa shape index (κ1) is 11.6. The molecule has 88 valence electrons. The molecule has 1 N–H and O–H groups in total. The van der Waals surface area contributed by atoms with Crippen LogP contribution in [0.4, 0.5) is 0 Å². The zero-order valence-electron chi connectivity index (χ0n) is 10.2. The topological polar surface area (TPSA) is 28.2 Å². The molecule has 2 atom stereocenters. The molecule has 0 spiro atoms. The Labute approximate surface area is 97.9 Å². The highest BCUT2D eigenvalue weighted by Crippen LogP contribution is 2.14. The van der Waals surface area contributed by atoms with Crippen LogP contribution in [0.5, 0.6) is 0 Å². The number of hydrogen-bond acceptors (Lipinski definition) is 3. The van der Waals surface area contributed by atoms with Crippen LogP contribution >= 0.6 is 0 Å². The quantitative estimate of drug-likeness (QED) is 0.820. The summed E-state index contributed by atoms with van der Waals surface area (Å²) in [5, 5.41) is 3.48. The first-order valence-electron chi connectivity index (χ1n) is 6.13. The summed E-state index contributed by atoms with van der Waals surface area (Å²) in [4.78, 5) is 6.95. The van der Waals surface area contributed by atoms with Gasteiger partial charge in [0.1, 0.15) is 0 Å². The molecule has 1 aliphatic heterocycles. The molecule has 0 bridgehead atoms. The maximum Gasteiger partial charge on any atom is 0.0544 e. The van der Waals surface area contributed by atoms with Crippen LogP contribution in [0.2, 0.25) is 0 Å². The predicted molar refractivity (Wildman–Crippen MR) is 66.2 cm³/mol. The SMILES string of the molecule is CC1CCNCC(C)N1Cc1ccccn1. The molecule has 1 saturated heterocycles. The van der Waals surface area contributed by atoms with Crippen LogP contribution in [0.25, 0.3) is 0 Å². The Balaban J connectivity index is 2.06. The van der Waals surface area contributed by atoms with E-state index in [9.17, 15) is 0 Å². The van der Waals surface area contributed by atoms with Crippen molar-refractivity contribution in [1.29, 1.82) is 0 Å². The Bertz CT molecular complexity index is 300. The van der Waals surface area contributed by atoms with Crippen molar-refractivity contribution in [3.05, 3.63) is 30.1 Å². The van der Waals surface area contributed by atoms with Crippen LogP contribution in [-0.2, 0) is 6.54 Å². The van der Waals surface area contributed by atoms with Crippen molar-refractivity contribution in [1.82, 2.24) is 15.2 Å². The van der Waals surface area contributed by atoms with Crippen molar-refractivity contribution >= 4 is 0 Å². The fraction of sp³-hybridized carbons (Fsp3) is 0.615. The molecule has 16 heavy (non-hydrogen) atoms. The molecule has 1 aromatic heterocycles. The van der Waals surface area contributed by atoms with Gasteiger partial charge in [0.05, 0.1) is 5.69 Å². The van der Waals surface area contributed by atoms with E-state index in [0.717, 1.165) is 19.6 Å². The van der Waals surface area contributed by atoms with E-state index in [1.54, 1.807) is 0 Å². The van der Waals surface area contributed by atoms with Gasteiger partial charge in [0, 0.05) is 31.4 Å². The third-order valence-electron chi connectivity index (χ3n) is 3.38. The van der Waals surface area contributed by atoms with Crippen molar-refractivity contribution in [3.63, 3.8) is 0 Å². The standard InChI is InChI=1S/C13H21N3/c1-11-6-8-14-9-12(2)16(11)10-13-5-3-4-7-15-13/h3-5,7,11-12,14H,6,8-10H2,1-2H3. The molecule has 2 rings (SSSR count). The highest BCUT2D eigenvalue weighted by Gasteiger charge is 2.22. The summed E-state index contributed by atoms with van der Waals surface area (Å²) in [5.41, 5.74) is 1.17. The Hall–Kier alpha value is -0.930. The van der Waals surface area contributed by atoms with Crippen molar-refractivity contribution < 1.29 is 0 Å². The third-order valence-corrected chi connectivity index (χ3v) is 3.38. The summed E-state index contributed by atoms with van der Waals surface area (Å²) in [6.07, 6.45) is 3.10. The monoisotopic (exact) mass is 219 g/mol. The maximum atomic E-state index is 4.41. The average Bonchev–Trinajstić information content (AvgIpc) is 2.46. The summed E-state index contributed by atoms with van der Waals surface area (Å²) in [7, 11) is 0. The summed E-state index contributed by atoms with van der Waals surface area (Å²) in [6.45, 7) is 7.77. The van der Waals surface area contributed by atoms with Crippen LogP contribution < -0.4 is 5.32 Å². The molecule has 1 fully saturated rings. The van der Waals surface area contributed by atoms with Gasteiger partial charge in [0.25, 0.3) is 0 Å². The van der Waals surface area contributed by atoms with Crippen molar-refractivity contribution in [2.24, 2.45) is 0 Å². The van der Waals surface area contributed by atoms with Crippen LogP contribution in [0, 0.1) is 0 Å². The Morgan fingerprint density at radius 3 is 3.00 bits per heavy atom. The normalized spacial score (nSPS) is 27.6. The second kappa shape index (κ2) is 5.41. The minimum absolute atomic E-state index is 0.583. The molecular weight excluding hydrogens is 198 g/mol. The lowest BCUT2D eigenvalue weighted by molar-refractivity contribution is 0.152. The number of nitrogens with zero attached hydrogens (tertiary/aromatic N) is 2. The second-order valence-electron chi connectivity index (χ2n) is 4.68. The van der Waals surface area contributed by atoms with Gasteiger partial charge in [0.15, 0.2) is 0 Å². The molecular formula is C13H21N3. The molecule has 0 radical (unpaired) electrons. The number of pyridine rings is 1. The second-order valence-corrected chi connectivity index (χ2v) is 4.68. The lowest BCUT2D eigenvalue weighted by Gasteiger charge is -2.31. The van der Waals surface area contributed by atoms with Gasteiger partial charge in [-0.05, 0) is 38.9 Å². The molecule has 0 aliphatic carbocycles. The molecule has 3 heteroatoms. The van der Waals surface area contributed by atoms with Crippen LogP contribution in [0.1, 0.15) is 26.0 Å². The van der Waals surface area contributed by atoms with Gasteiger partial charge < -0.3 is 5.32 Å². The van der Waals surface area contributed by atoms with Crippen LogP contribution in [-0.4, -0.2) is 35.1 Å². The highest BCUT2D eigenvalue weighted by atomic mass is 15.2. The summed E-state index contributed by atoms with van der Waals surface area (Å²) in [5.74, 6) is 0. The van der Waals surface area contributed by atoms with Crippen LogP contribution in [0.15, 0.2) is 24.4 Å². The van der Waals surface area contributed by atoms with E-state index in [2.05, 4.69) is 41.2 Å². The average molecular weight is 219 g/mol. The zero-order chi connectivity index (χ0) is 11.4. The molecule has 0 amide bonds. The highest BCUT2D eigenvalue weighted by molar-refractivity contribution is 5.04. The van der Waals surface area contributed by atoms with Crippen molar-refractivity contribution in [3.8, 4) is 0 Å². The van der Waals surface area contributed by atoms with E-state index in [-0.39, 0.29) is 0 Å². The minimum Gasteiger partial charge on any atom is -0.315 e. The lowest BCUT2D eigenvalue weighted by atomic mass is 10.1. The number of aromatic nitrogens is 1. The van der Waals surface area contributed by atoms with Gasteiger partial charge in [-0.15, -0.1) is 0 Å². The minimum atomic E-state index is 0.583. The van der Waals surface area contributed by atoms with E-state index < -0.39 is 0 Å². The summed E-state index contributed by atoms with van der Waals surface area (Å²) in [6, 6.07) is 7.36. The maximum absolute atomic E-state index is 4.41. The lowest BCUT2D eigenvalue weighted by Crippen LogP contribution is -2.41. The molecule has 1 aliphatic rings. The Kier molecular flexibility index (Phi) is 3.91. The Morgan fingerprint density at radius 1 is 1.38 bits per heavy atom. The Morgan fingerprint density at radius 2 is 2.25 bits per heavy atom. The molecule has 3 nitrogen and oxygen atoms in total. The smallest absolute Gasteiger partial charge is 0.0544 e. The third kappa shape index (κ3) is 2.80. The molecule has 2 heterocycles. The number of nitrogens with one attached hydrogen (secondary N) is 1. The summed E-state index contributed by atoms with van der Waals surface area (Å²) < 4.78 is 0.